The highest BCUT2D eigenvalue weighted by Gasteiger charge is 2.09. The van der Waals surface area contributed by atoms with Crippen molar-refractivity contribution in [2.24, 2.45) is 5.84 Å². The molecular formula is C11H12Cl2N2. The van der Waals surface area contributed by atoms with Crippen LogP contribution in [0.2, 0.25) is 10.0 Å². The molecule has 1 aromatic rings. The highest BCUT2D eigenvalue weighted by molar-refractivity contribution is 6.42. The molecule has 0 spiro atoms. The van der Waals surface area contributed by atoms with Crippen LogP contribution in [0.1, 0.15) is 24.9 Å². The van der Waals surface area contributed by atoms with Crippen molar-refractivity contribution in [2.75, 3.05) is 0 Å². The molecule has 1 atom stereocenters. The second-order valence-electron chi connectivity index (χ2n) is 3.02. The van der Waals surface area contributed by atoms with Crippen LogP contribution in [0.5, 0.6) is 0 Å². The Hall–Kier alpha value is -0.720. The van der Waals surface area contributed by atoms with Crippen LogP contribution < -0.4 is 11.3 Å². The van der Waals surface area contributed by atoms with Crippen molar-refractivity contribution in [2.45, 2.75) is 19.4 Å². The van der Waals surface area contributed by atoms with Gasteiger partial charge in [-0.15, -0.1) is 11.8 Å². The number of halogens is 2. The van der Waals surface area contributed by atoms with Crippen LogP contribution in [0.4, 0.5) is 0 Å². The molecule has 0 aliphatic heterocycles. The molecule has 4 heteroatoms. The summed E-state index contributed by atoms with van der Waals surface area (Å²) in [5, 5.41) is 1.07. The normalized spacial score (nSPS) is 11.7. The van der Waals surface area contributed by atoms with Gasteiger partial charge in [-0.3, -0.25) is 11.3 Å². The smallest absolute Gasteiger partial charge is 0.0595 e. The van der Waals surface area contributed by atoms with Crippen molar-refractivity contribution in [3.63, 3.8) is 0 Å². The molecule has 80 valence electrons. The maximum atomic E-state index is 5.91. The number of rotatable bonds is 3. The fourth-order valence-corrected chi connectivity index (χ4v) is 1.51. The van der Waals surface area contributed by atoms with Crippen LogP contribution in [0.15, 0.2) is 18.2 Å². The van der Waals surface area contributed by atoms with E-state index in [0.29, 0.717) is 16.5 Å². The molecule has 0 bridgehead atoms. The Morgan fingerprint density at radius 3 is 2.67 bits per heavy atom. The SMILES string of the molecule is CC#CCC(NN)c1ccc(Cl)c(Cl)c1. The van der Waals surface area contributed by atoms with Crippen LogP contribution in [0.25, 0.3) is 0 Å². The summed E-state index contributed by atoms with van der Waals surface area (Å²) in [6.45, 7) is 1.79. The summed E-state index contributed by atoms with van der Waals surface area (Å²) in [6.07, 6.45) is 0.644. The molecular weight excluding hydrogens is 231 g/mol. The zero-order valence-electron chi connectivity index (χ0n) is 8.35. The minimum Gasteiger partial charge on any atom is -0.271 e. The van der Waals surface area contributed by atoms with E-state index in [4.69, 9.17) is 29.0 Å². The zero-order valence-corrected chi connectivity index (χ0v) is 9.86. The zero-order chi connectivity index (χ0) is 11.3. The van der Waals surface area contributed by atoms with Gasteiger partial charge in [0.1, 0.15) is 0 Å². The van der Waals surface area contributed by atoms with Crippen LogP contribution in [-0.2, 0) is 0 Å². The van der Waals surface area contributed by atoms with Gasteiger partial charge in [0.25, 0.3) is 0 Å². The molecule has 0 radical (unpaired) electrons. The summed E-state index contributed by atoms with van der Waals surface area (Å²) in [4.78, 5) is 0. The highest BCUT2D eigenvalue weighted by Crippen LogP contribution is 2.26. The summed E-state index contributed by atoms with van der Waals surface area (Å²) >= 11 is 11.7. The molecule has 0 aliphatic carbocycles. The first-order chi connectivity index (χ1) is 7.19. The minimum absolute atomic E-state index is 0.0211. The van der Waals surface area contributed by atoms with Gasteiger partial charge < -0.3 is 0 Å². The molecule has 0 heterocycles. The Morgan fingerprint density at radius 1 is 1.40 bits per heavy atom. The Kier molecular flexibility index (Phi) is 4.93. The van der Waals surface area contributed by atoms with Gasteiger partial charge in [-0.05, 0) is 24.6 Å². The van der Waals surface area contributed by atoms with E-state index < -0.39 is 0 Å². The fraction of sp³-hybridized carbons (Fsp3) is 0.273. The molecule has 0 aliphatic rings. The molecule has 1 aromatic carbocycles. The van der Waals surface area contributed by atoms with E-state index in [0.717, 1.165) is 5.56 Å². The second-order valence-corrected chi connectivity index (χ2v) is 3.84. The number of hydrogen-bond acceptors (Lipinski definition) is 2. The lowest BCUT2D eigenvalue weighted by Gasteiger charge is -2.13. The van der Waals surface area contributed by atoms with Crippen LogP contribution in [0.3, 0.4) is 0 Å². The summed E-state index contributed by atoms with van der Waals surface area (Å²) in [7, 11) is 0. The predicted molar refractivity (Wildman–Crippen MR) is 64.6 cm³/mol. The molecule has 0 fully saturated rings. The van der Waals surface area contributed by atoms with E-state index in [-0.39, 0.29) is 6.04 Å². The third-order valence-corrected chi connectivity index (χ3v) is 2.77. The monoisotopic (exact) mass is 242 g/mol. The van der Waals surface area contributed by atoms with Crippen molar-refractivity contribution < 1.29 is 0 Å². The van der Waals surface area contributed by atoms with Crippen molar-refractivity contribution >= 4 is 23.2 Å². The van der Waals surface area contributed by atoms with Crippen molar-refractivity contribution in [3.8, 4) is 11.8 Å². The van der Waals surface area contributed by atoms with Crippen LogP contribution in [0, 0.1) is 11.8 Å². The summed E-state index contributed by atoms with van der Waals surface area (Å²) in [6, 6.07) is 5.41. The number of benzene rings is 1. The van der Waals surface area contributed by atoms with E-state index in [9.17, 15) is 0 Å². The largest absolute Gasteiger partial charge is 0.271 e. The number of nitrogens with one attached hydrogen (secondary N) is 1. The van der Waals surface area contributed by atoms with E-state index in [1.165, 1.54) is 0 Å². The molecule has 1 rings (SSSR count). The summed E-state index contributed by atoms with van der Waals surface area (Å²) < 4.78 is 0. The van der Waals surface area contributed by atoms with E-state index in [1.807, 2.05) is 6.07 Å². The lowest BCUT2D eigenvalue weighted by molar-refractivity contribution is 0.568. The summed E-state index contributed by atoms with van der Waals surface area (Å²) in [5.74, 6) is 11.2. The first kappa shape index (κ1) is 12.4. The lowest BCUT2D eigenvalue weighted by atomic mass is 10.0. The van der Waals surface area contributed by atoms with Gasteiger partial charge in [-0.25, -0.2) is 0 Å². The third-order valence-electron chi connectivity index (χ3n) is 2.03. The van der Waals surface area contributed by atoms with Crippen molar-refractivity contribution in [1.82, 2.24) is 5.43 Å². The molecule has 15 heavy (non-hydrogen) atoms. The number of nitrogens with two attached hydrogens (primary N) is 1. The van der Waals surface area contributed by atoms with Gasteiger partial charge in [0.05, 0.1) is 16.1 Å². The van der Waals surface area contributed by atoms with Gasteiger partial charge in [0, 0.05) is 6.42 Å². The van der Waals surface area contributed by atoms with Crippen molar-refractivity contribution in [3.05, 3.63) is 33.8 Å². The fourth-order valence-electron chi connectivity index (χ4n) is 1.21. The third kappa shape index (κ3) is 3.40. The molecule has 0 saturated carbocycles. The Labute approximate surface area is 99.7 Å². The van der Waals surface area contributed by atoms with Gasteiger partial charge in [-0.1, -0.05) is 29.3 Å². The lowest BCUT2D eigenvalue weighted by Crippen LogP contribution is -2.27. The van der Waals surface area contributed by atoms with E-state index in [2.05, 4.69) is 17.3 Å². The topological polar surface area (TPSA) is 38.0 Å². The van der Waals surface area contributed by atoms with Gasteiger partial charge in [0.15, 0.2) is 0 Å². The maximum absolute atomic E-state index is 5.91. The molecule has 3 N–H and O–H groups in total. The minimum atomic E-state index is -0.0211. The number of hydrazine groups is 1. The summed E-state index contributed by atoms with van der Waals surface area (Å²) in [5.41, 5.74) is 3.68. The molecule has 0 saturated heterocycles. The first-order valence-electron chi connectivity index (χ1n) is 4.49. The highest BCUT2D eigenvalue weighted by atomic mass is 35.5. The second kappa shape index (κ2) is 5.99. The quantitative estimate of drug-likeness (QED) is 0.486. The van der Waals surface area contributed by atoms with E-state index in [1.54, 1.807) is 19.1 Å². The Morgan fingerprint density at radius 2 is 2.13 bits per heavy atom. The average molecular weight is 243 g/mol. The van der Waals surface area contributed by atoms with Crippen LogP contribution in [-0.4, -0.2) is 0 Å². The number of hydrogen-bond donors (Lipinski definition) is 2. The van der Waals surface area contributed by atoms with E-state index >= 15 is 0 Å². The van der Waals surface area contributed by atoms with Gasteiger partial charge in [0.2, 0.25) is 0 Å². The average Bonchev–Trinajstić information content (AvgIpc) is 2.24. The Bertz CT molecular complexity index is 393. The van der Waals surface area contributed by atoms with Gasteiger partial charge >= 0.3 is 0 Å². The Balaban J connectivity index is 2.90. The molecule has 0 aromatic heterocycles. The van der Waals surface area contributed by atoms with Gasteiger partial charge in [-0.2, -0.15) is 0 Å². The molecule has 1 unspecified atom stereocenters. The van der Waals surface area contributed by atoms with Crippen LogP contribution >= 0.6 is 23.2 Å². The van der Waals surface area contributed by atoms with Crippen molar-refractivity contribution in [1.29, 1.82) is 0 Å². The molecule has 0 amide bonds. The maximum Gasteiger partial charge on any atom is 0.0595 e. The predicted octanol–water partition coefficient (Wildman–Crippen LogP) is 2.91. The molecule has 2 nitrogen and oxygen atoms in total. The standard InChI is InChI=1S/C11H12Cl2N2/c1-2-3-4-11(15-14)8-5-6-9(12)10(13)7-8/h5-7,11,15H,4,14H2,1H3. The first-order valence-corrected chi connectivity index (χ1v) is 5.25.